The van der Waals surface area contributed by atoms with Gasteiger partial charge in [0.2, 0.25) is 0 Å². The van der Waals surface area contributed by atoms with E-state index >= 15 is 0 Å². The van der Waals surface area contributed by atoms with Crippen molar-refractivity contribution in [2.75, 3.05) is 0 Å². The molecule has 0 N–H and O–H groups in total. The van der Waals surface area contributed by atoms with Crippen molar-refractivity contribution in [1.29, 1.82) is 0 Å². The summed E-state index contributed by atoms with van der Waals surface area (Å²) in [6.45, 7) is 2.00. The molecular formula is C10H13B. The van der Waals surface area contributed by atoms with Crippen LogP contribution < -0.4 is 0 Å². The Hall–Kier alpha value is -0.975. The molecule has 0 aliphatic heterocycles. The van der Waals surface area contributed by atoms with Crippen LogP contribution in [0.3, 0.4) is 0 Å². The summed E-state index contributed by atoms with van der Waals surface area (Å²) in [7, 11) is 5.13. The summed E-state index contributed by atoms with van der Waals surface area (Å²) in [6, 6.07) is 0. The van der Waals surface area contributed by atoms with Crippen molar-refractivity contribution in [2.45, 2.75) is 13.3 Å². The standard InChI is InChI=1S/C10H13B/c1-2-3-4-5-6-7-8-9-10-11/h2-5,7-10H,6H2,1H3/b3-2-,5-4-,8-7-,10-9-. The number of allylic oxidation sites excluding steroid dienone is 7. The monoisotopic (exact) mass is 144 g/mol. The van der Waals surface area contributed by atoms with E-state index in [1.165, 1.54) is 5.98 Å². The van der Waals surface area contributed by atoms with Gasteiger partial charge in [0.1, 0.15) is 7.85 Å². The average molecular weight is 144 g/mol. The third kappa shape index (κ3) is 9.02. The summed E-state index contributed by atoms with van der Waals surface area (Å²) in [5.74, 6) is 1.52. The number of hydrogen-bond acceptors (Lipinski definition) is 0. The zero-order valence-electron chi connectivity index (χ0n) is 6.90. The molecule has 0 amide bonds. The summed E-state index contributed by atoms with van der Waals surface area (Å²) in [5.41, 5.74) is 0. The molecule has 0 bridgehead atoms. The van der Waals surface area contributed by atoms with Crippen molar-refractivity contribution in [1.82, 2.24) is 0 Å². The maximum atomic E-state index is 5.13. The van der Waals surface area contributed by atoms with E-state index in [9.17, 15) is 0 Å². The second kappa shape index (κ2) is 9.02. The predicted octanol–water partition coefficient (Wildman–Crippen LogP) is 2.75. The molecule has 0 aromatic rings. The molecule has 0 aromatic carbocycles. The summed E-state index contributed by atoms with van der Waals surface area (Å²) in [6.07, 6.45) is 14.9. The Morgan fingerprint density at radius 1 is 1.00 bits per heavy atom. The highest BCUT2D eigenvalue weighted by Crippen LogP contribution is 1.87. The Kier molecular flexibility index (Phi) is 8.22. The average Bonchev–Trinajstić information content (AvgIpc) is 2.03. The summed E-state index contributed by atoms with van der Waals surface area (Å²) < 4.78 is 0. The van der Waals surface area contributed by atoms with Crippen LogP contribution in [0.1, 0.15) is 13.3 Å². The molecule has 0 unspecified atom stereocenters. The van der Waals surface area contributed by atoms with Gasteiger partial charge in [-0.15, -0.1) is 5.98 Å². The van der Waals surface area contributed by atoms with Crippen molar-refractivity contribution in [3.63, 3.8) is 0 Å². The largest absolute Gasteiger partial charge is 0.132 e. The maximum Gasteiger partial charge on any atom is 0.102 e. The molecule has 0 rings (SSSR count). The van der Waals surface area contributed by atoms with Gasteiger partial charge in [-0.25, -0.2) is 0 Å². The highest BCUT2D eigenvalue weighted by Gasteiger charge is 1.66. The van der Waals surface area contributed by atoms with Gasteiger partial charge in [0.15, 0.2) is 0 Å². The SMILES string of the molecule is [B]/C=C\C=C/C/C=C\C=C/C. The Morgan fingerprint density at radius 3 is 2.18 bits per heavy atom. The molecule has 0 saturated carbocycles. The Balaban J connectivity index is 3.40. The van der Waals surface area contributed by atoms with Gasteiger partial charge in [-0.3, -0.25) is 0 Å². The minimum absolute atomic E-state index is 0.953. The van der Waals surface area contributed by atoms with Crippen LogP contribution in [-0.2, 0) is 0 Å². The lowest BCUT2D eigenvalue weighted by Crippen LogP contribution is -1.57. The van der Waals surface area contributed by atoms with Crippen LogP contribution in [0.5, 0.6) is 0 Å². The molecule has 0 nitrogen and oxygen atoms in total. The van der Waals surface area contributed by atoms with E-state index in [0.717, 1.165) is 6.42 Å². The fraction of sp³-hybridized carbons (Fsp3) is 0.200. The van der Waals surface area contributed by atoms with Crippen molar-refractivity contribution in [3.05, 3.63) is 48.5 Å². The van der Waals surface area contributed by atoms with Gasteiger partial charge in [0.05, 0.1) is 0 Å². The molecule has 0 spiro atoms. The molecule has 0 atom stereocenters. The highest BCUT2D eigenvalue weighted by atomic mass is 13.7. The Bertz CT molecular complexity index is 153. The molecule has 56 valence electrons. The van der Waals surface area contributed by atoms with Crippen LogP contribution in [-0.4, -0.2) is 7.85 Å². The molecule has 0 aliphatic rings. The first-order chi connectivity index (χ1) is 5.41. The first-order valence-electron chi connectivity index (χ1n) is 3.73. The Morgan fingerprint density at radius 2 is 1.64 bits per heavy atom. The number of hydrogen-bond donors (Lipinski definition) is 0. The van der Waals surface area contributed by atoms with Crippen molar-refractivity contribution >= 4 is 7.85 Å². The minimum atomic E-state index is 0.953. The fourth-order valence-electron chi connectivity index (χ4n) is 0.568. The van der Waals surface area contributed by atoms with Crippen molar-refractivity contribution < 1.29 is 0 Å². The van der Waals surface area contributed by atoms with E-state index in [1.54, 1.807) is 0 Å². The minimum Gasteiger partial charge on any atom is -0.132 e. The van der Waals surface area contributed by atoms with E-state index < -0.39 is 0 Å². The third-order valence-corrected chi connectivity index (χ3v) is 1.07. The maximum absolute atomic E-state index is 5.13. The van der Waals surface area contributed by atoms with Gasteiger partial charge in [0, 0.05) is 0 Å². The lowest BCUT2D eigenvalue weighted by molar-refractivity contribution is 1.39. The van der Waals surface area contributed by atoms with Gasteiger partial charge < -0.3 is 0 Å². The second-order valence-corrected chi connectivity index (χ2v) is 2.00. The normalized spacial score (nSPS) is 13.2. The van der Waals surface area contributed by atoms with Gasteiger partial charge in [-0.1, -0.05) is 42.5 Å². The van der Waals surface area contributed by atoms with E-state index in [4.69, 9.17) is 7.85 Å². The van der Waals surface area contributed by atoms with Crippen LogP contribution in [0, 0.1) is 0 Å². The highest BCUT2D eigenvalue weighted by molar-refractivity contribution is 6.17. The van der Waals surface area contributed by atoms with Crippen LogP contribution in [0.2, 0.25) is 0 Å². The zero-order chi connectivity index (χ0) is 8.36. The number of rotatable bonds is 4. The fourth-order valence-corrected chi connectivity index (χ4v) is 0.568. The molecule has 0 fully saturated rings. The van der Waals surface area contributed by atoms with Crippen LogP contribution in [0.4, 0.5) is 0 Å². The third-order valence-electron chi connectivity index (χ3n) is 1.07. The van der Waals surface area contributed by atoms with E-state index in [-0.39, 0.29) is 0 Å². The molecule has 11 heavy (non-hydrogen) atoms. The quantitative estimate of drug-likeness (QED) is 0.420. The van der Waals surface area contributed by atoms with E-state index in [2.05, 4.69) is 6.08 Å². The second-order valence-electron chi connectivity index (χ2n) is 2.00. The summed E-state index contributed by atoms with van der Waals surface area (Å²) in [4.78, 5) is 0. The molecular weight excluding hydrogens is 131 g/mol. The van der Waals surface area contributed by atoms with Crippen LogP contribution in [0.25, 0.3) is 0 Å². The van der Waals surface area contributed by atoms with E-state index in [1.807, 2.05) is 43.4 Å². The van der Waals surface area contributed by atoms with E-state index in [0.29, 0.717) is 0 Å². The lowest BCUT2D eigenvalue weighted by atomic mass is 10.1. The predicted molar refractivity (Wildman–Crippen MR) is 52.6 cm³/mol. The zero-order valence-corrected chi connectivity index (χ0v) is 6.90. The molecule has 0 aliphatic carbocycles. The van der Waals surface area contributed by atoms with Crippen molar-refractivity contribution in [3.8, 4) is 0 Å². The summed E-state index contributed by atoms with van der Waals surface area (Å²) >= 11 is 0. The molecule has 0 saturated heterocycles. The van der Waals surface area contributed by atoms with Crippen LogP contribution >= 0.6 is 0 Å². The molecule has 0 aromatic heterocycles. The first kappa shape index (κ1) is 10.0. The molecule has 2 radical (unpaired) electrons. The molecule has 0 heterocycles. The van der Waals surface area contributed by atoms with Crippen LogP contribution in [0.15, 0.2) is 48.5 Å². The molecule has 1 heteroatoms. The summed E-state index contributed by atoms with van der Waals surface area (Å²) in [5, 5.41) is 0. The lowest BCUT2D eigenvalue weighted by Gasteiger charge is -1.77. The van der Waals surface area contributed by atoms with Gasteiger partial charge in [-0.05, 0) is 13.3 Å². The topological polar surface area (TPSA) is 0 Å². The first-order valence-corrected chi connectivity index (χ1v) is 3.73. The smallest absolute Gasteiger partial charge is 0.102 e. The van der Waals surface area contributed by atoms with Gasteiger partial charge >= 0.3 is 0 Å². The van der Waals surface area contributed by atoms with Crippen molar-refractivity contribution in [2.24, 2.45) is 0 Å². The Labute approximate surface area is 70.4 Å². The van der Waals surface area contributed by atoms with Gasteiger partial charge in [0.25, 0.3) is 0 Å². The van der Waals surface area contributed by atoms with Gasteiger partial charge in [-0.2, -0.15) is 0 Å².